The molecule has 1 aromatic heterocycles. The van der Waals surface area contributed by atoms with E-state index in [0.717, 1.165) is 45.1 Å². The number of hydrogen-bond donors (Lipinski definition) is 0. The highest BCUT2D eigenvalue weighted by Crippen LogP contribution is 2.18. The summed E-state index contributed by atoms with van der Waals surface area (Å²) in [6, 6.07) is 0. The van der Waals surface area contributed by atoms with Gasteiger partial charge in [-0.05, 0) is 13.8 Å². The van der Waals surface area contributed by atoms with Gasteiger partial charge < -0.3 is 0 Å². The number of thiazole rings is 1. The first-order valence-electron chi connectivity index (χ1n) is 6.12. The summed E-state index contributed by atoms with van der Waals surface area (Å²) in [4.78, 5) is 10.9. The van der Waals surface area contributed by atoms with Crippen molar-refractivity contribution in [3.05, 3.63) is 15.6 Å². The Labute approximate surface area is 112 Å². The minimum Gasteiger partial charge on any atom is -0.300 e. The molecule has 17 heavy (non-hydrogen) atoms. The first-order valence-corrected chi connectivity index (χ1v) is 7.47. The van der Waals surface area contributed by atoms with Crippen LogP contribution in [-0.4, -0.2) is 53.4 Å². The molecule has 0 unspecified atom stereocenters. The van der Waals surface area contributed by atoms with Crippen LogP contribution >= 0.6 is 22.9 Å². The van der Waals surface area contributed by atoms with Crippen molar-refractivity contribution in [1.82, 2.24) is 14.8 Å². The first-order chi connectivity index (χ1) is 8.19. The van der Waals surface area contributed by atoms with Crippen LogP contribution in [0.25, 0.3) is 0 Å². The summed E-state index contributed by atoms with van der Waals surface area (Å²) in [6.07, 6.45) is 0. The Morgan fingerprint density at radius 3 is 2.35 bits per heavy atom. The summed E-state index contributed by atoms with van der Waals surface area (Å²) in [5.41, 5.74) is 1.19. The zero-order valence-electron chi connectivity index (χ0n) is 10.6. The highest BCUT2D eigenvalue weighted by atomic mass is 35.5. The molecule has 0 saturated carbocycles. The number of aryl methyl sites for hydroxylation is 2. The quantitative estimate of drug-likeness (QED) is 0.784. The molecule has 0 amide bonds. The molecular weight excluding hydrogens is 254 g/mol. The van der Waals surface area contributed by atoms with E-state index in [2.05, 4.69) is 28.6 Å². The monoisotopic (exact) mass is 273 g/mol. The summed E-state index contributed by atoms with van der Waals surface area (Å²) in [7, 11) is 0. The Bertz CT molecular complexity index is 339. The van der Waals surface area contributed by atoms with Gasteiger partial charge in [-0.25, -0.2) is 4.98 Å². The summed E-state index contributed by atoms with van der Waals surface area (Å²) < 4.78 is 0. The van der Waals surface area contributed by atoms with Crippen LogP contribution in [0.4, 0.5) is 0 Å². The standard InChI is InChI=1S/C12H20ClN3S/c1-10-11(2)17-12(14-10)9-16-7-5-15(4-3-13)6-8-16/h3-9H2,1-2H3. The molecule has 0 radical (unpaired) electrons. The Morgan fingerprint density at radius 1 is 1.18 bits per heavy atom. The second-order valence-corrected chi connectivity index (χ2v) is 6.22. The maximum atomic E-state index is 5.76. The average molecular weight is 274 g/mol. The normalized spacial score (nSPS) is 18.8. The molecule has 0 bridgehead atoms. The van der Waals surface area contributed by atoms with Crippen molar-refractivity contribution >= 4 is 22.9 Å². The van der Waals surface area contributed by atoms with Crippen molar-refractivity contribution in [3.63, 3.8) is 0 Å². The molecule has 5 heteroatoms. The van der Waals surface area contributed by atoms with E-state index in [-0.39, 0.29) is 0 Å². The van der Waals surface area contributed by atoms with Crippen molar-refractivity contribution in [2.75, 3.05) is 38.6 Å². The fourth-order valence-electron chi connectivity index (χ4n) is 2.09. The maximum Gasteiger partial charge on any atom is 0.107 e. The van der Waals surface area contributed by atoms with Gasteiger partial charge in [0.05, 0.1) is 12.2 Å². The van der Waals surface area contributed by atoms with Gasteiger partial charge in [0.25, 0.3) is 0 Å². The van der Waals surface area contributed by atoms with Crippen molar-refractivity contribution in [1.29, 1.82) is 0 Å². The molecule has 0 spiro atoms. The number of alkyl halides is 1. The molecule has 0 aliphatic carbocycles. The fraction of sp³-hybridized carbons (Fsp3) is 0.750. The smallest absolute Gasteiger partial charge is 0.107 e. The summed E-state index contributed by atoms with van der Waals surface area (Å²) in [5.74, 6) is 0.741. The molecule has 1 aromatic rings. The van der Waals surface area contributed by atoms with Gasteiger partial charge in [-0.15, -0.1) is 22.9 Å². The lowest BCUT2D eigenvalue weighted by atomic mass is 10.3. The van der Waals surface area contributed by atoms with Gasteiger partial charge in [-0.2, -0.15) is 0 Å². The van der Waals surface area contributed by atoms with E-state index in [9.17, 15) is 0 Å². The predicted molar refractivity (Wildman–Crippen MR) is 74.0 cm³/mol. The lowest BCUT2D eigenvalue weighted by Gasteiger charge is -2.33. The van der Waals surface area contributed by atoms with Crippen molar-refractivity contribution in [2.45, 2.75) is 20.4 Å². The highest BCUT2D eigenvalue weighted by molar-refractivity contribution is 7.11. The molecule has 0 atom stereocenters. The number of aromatic nitrogens is 1. The molecule has 1 aliphatic heterocycles. The molecule has 1 aliphatic rings. The van der Waals surface area contributed by atoms with E-state index >= 15 is 0 Å². The first kappa shape index (κ1) is 13.3. The molecular formula is C12H20ClN3S. The van der Waals surface area contributed by atoms with Crippen molar-refractivity contribution in [3.8, 4) is 0 Å². The van der Waals surface area contributed by atoms with Gasteiger partial charge in [0, 0.05) is 43.5 Å². The summed E-state index contributed by atoms with van der Waals surface area (Å²) in [5, 5.41) is 1.26. The van der Waals surface area contributed by atoms with E-state index < -0.39 is 0 Å². The Morgan fingerprint density at radius 2 is 1.82 bits per heavy atom. The second kappa shape index (κ2) is 6.14. The van der Waals surface area contributed by atoms with Gasteiger partial charge in [0.15, 0.2) is 0 Å². The molecule has 1 fully saturated rings. The van der Waals surface area contributed by atoms with Gasteiger partial charge in [0.1, 0.15) is 5.01 Å². The van der Waals surface area contributed by atoms with Crippen LogP contribution in [-0.2, 0) is 6.54 Å². The van der Waals surface area contributed by atoms with E-state index in [0.29, 0.717) is 0 Å². The molecule has 3 nitrogen and oxygen atoms in total. The topological polar surface area (TPSA) is 19.4 Å². The molecule has 2 heterocycles. The van der Waals surface area contributed by atoms with E-state index in [1.807, 2.05) is 11.3 Å². The van der Waals surface area contributed by atoms with Gasteiger partial charge >= 0.3 is 0 Å². The summed E-state index contributed by atoms with van der Waals surface area (Å²) in [6.45, 7) is 10.8. The van der Waals surface area contributed by atoms with Crippen LogP contribution in [0.3, 0.4) is 0 Å². The number of nitrogens with zero attached hydrogens (tertiary/aromatic N) is 3. The highest BCUT2D eigenvalue weighted by Gasteiger charge is 2.17. The molecule has 0 N–H and O–H groups in total. The number of halogens is 1. The minimum atomic E-state index is 0.741. The van der Waals surface area contributed by atoms with Crippen molar-refractivity contribution in [2.24, 2.45) is 0 Å². The van der Waals surface area contributed by atoms with Crippen LogP contribution in [0.5, 0.6) is 0 Å². The van der Waals surface area contributed by atoms with Gasteiger partial charge in [-0.3, -0.25) is 9.80 Å². The second-order valence-electron chi connectivity index (χ2n) is 4.56. The fourth-order valence-corrected chi connectivity index (χ4v) is 3.30. The molecule has 2 rings (SSSR count). The lowest BCUT2D eigenvalue weighted by Crippen LogP contribution is -2.46. The van der Waals surface area contributed by atoms with Crippen LogP contribution < -0.4 is 0 Å². The lowest BCUT2D eigenvalue weighted by molar-refractivity contribution is 0.132. The molecule has 0 aromatic carbocycles. The number of piperazine rings is 1. The van der Waals surface area contributed by atoms with Crippen molar-refractivity contribution < 1.29 is 0 Å². The maximum absolute atomic E-state index is 5.76. The van der Waals surface area contributed by atoms with Crippen LogP contribution in [0, 0.1) is 13.8 Å². The SMILES string of the molecule is Cc1nc(CN2CCN(CCCl)CC2)sc1C. The average Bonchev–Trinajstić information content (AvgIpc) is 2.61. The van der Waals surface area contributed by atoms with E-state index in [1.165, 1.54) is 15.6 Å². The van der Waals surface area contributed by atoms with E-state index in [4.69, 9.17) is 11.6 Å². The third-order valence-corrected chi connectivity index (χ3v) is 4.52. The van der Waals surface area contributed by atoms with Crippen LogP contribution in [0.2, 0.25) is 0 Å². The van der Waals surface area contributed by atoms with Gasteiger partial charge in [-0.1, -0.05) is 0 Å². The Hall–Kier alpha value is -0.160. The third kappa shape index (κ3) is 3.65. The molecule has 96 valence electrons. The predicted octanol–water partition coefficient (Wildman–Crippen LogP) is 2.12. The Kier molecular flexibility index (Phi) is 4.79. The van der Waals surface area contributed by atoms with E-state index in [1.54, 1.807) is 0 Å². The zero-order chi connectivity index (χ0) is 12.3. The van der Waals surface area contributed by atoms with Crippen LogP contribution in [0.15, 0.2) is 0 Å². The number of hydrogen-bond acceptors (Lipinski definition) is 4. The zero-order valence-corrected chi connectivity index (χ0v) is 12.2. The Balaban J connectivity index is 1.81. The van der Waals surface area contributed by atoms with Gasteiger partial charge in [0.2, 0.25) is 0 Å². The third-order valence-electron chi connectivity index (χ3n) is 3.30. The summed E-state index contributed by atoms with van der Waals surface area (Å²) >= 11 is 7.59. The van der Waals surface area contributed by atoms with Crippen LogP contribution in [0.1, 0.15) is 15.6 Å². The molecule has 1 saturated heterocycles. The largest absolute Gasteiger partial charge is 0.300 e. The number of rotatable bonds is 4. The minimum absolute atomic E-state index is 0.741.